The fourth-order valence-corrected chi connectivity index (χ4v) is 4.02. The Labute approximate surface area is 164 Å². The standard InChI is InChI=1S/C23H21N5/c1-3-9-18(10-4-1)17-28-23(24-25-26-28)22-21-14-8-7-11-19(21)15-16-27(22)20-12-5-2-6-13-20/h1-14,22H,15-17H2. The molecule has 1 unspecified atom stereocenters. The molecule has 1 aromatic heterocycles. The molecule has 1 atom stereocenters. The van der Waals surface area contributed by atoms with Gasteiger partial charge in [0.05, 0.1) is 6.54 Å². The van der Waals surface area contributed by atoms with Crippen molar-refractivity contribution in [1.82, 2.24) is 20.2 Å². The SMILES string of the molecule is c1ccc(Cn2nnnc2C2c3ccccc3CCN2c2ccccc2)cc1. The van der Waals surface area contributed by atoms with Gasteiger partial charge in [0.1, 0.15) is 6.04 Å². The van der Waals surface area contributed by atoms with Gasteiger partial charge in [-0.3, -0.25) is 0 Å². The van der Waals surface area contributed by atoms with Crippen molar-refractivity contribution < 1.29 is 0 Å². The van der Waals surface area contributed by atoms with E-state index in [0.29, 0.717) is 6.54 Å². The molecule has 5 nitrogen and oxygen atoms in total. The van der Waals surface area contributed by atoms with E-state index in [1.54, 1.807) is 0 Å². The number of hydrogen-bond donors (Lipinski definition) is 0. The lowest BCUT2D eigenvalue weighted by Crippen LogP contribution is -2.37. The number of rotatable bonds is 4. The van der Waals surface area contributed by atoms with E-state index in [-0.39, 0.29) is 6.04 Å². The number of anilines is 1. The summed E-state index contributed by atoms with van der Waals surface area (Å²) in [5, 5.41) is 12.8. The Kier molecular flexibility index (Phi) is 4.33. The van der Waals surface area contributed by atoms with E-state index in [1.165, 1.54) is 22.4 Å². The lowest BCUT2D eigenvalue weighted by atomic mass is 9.91. The third kappa shape index (κ3) is 3.05. The van der Waals surface area contributed by atoms with Crippen LogP contribution < -0.4 is 4.90 Å². The molecular formula is C23H21N5. The minimum Gasteiger partial charge on any atom is -0.357 e. The summed E-state index contributed by atoms with van der Waals surface area (Å²) in [6.45, 7) is 1.59. The summed E-state index contributed by atoms with van der Waals surface area (Å²) in [5.41, 5.74) is 5.03. The van der Waals surface area contributed by atoms with E-state index in [0.717, 1.165) is 18.8 Å². The van der Waals surface area contributed by atoms with Crippen molar-refractivity contribution in [2.45, 2.75) is 19.0 Å². The summed E-state index contributed by atoms with van der Waals surface area (Å²) >= 11 is 0. The number of fused-ring (bicyclic) bond motifs is 1. The molecule has 0 amide bonds. The summed E-state index contributed by atoms with van der Waals surface area (Å²) in [6.07, 6.45) is 1.02. The molecule has 0 N–H and O–H groups in total. The van der Waals surface area contributed by atoms with Gasteiger partial charge < -0.3 is 4.90 Å². The normalized spacial score (nSPS) is 16.0. The molecule has 0 bridgehead atoms. The molecule has 0 saturated heterocycles. The fourth-order valence-electron chi connectivity index (χ4n) is 4.02. The van der Waals surface area contributed by atoms with Gasteiger partial charge in [-0.05, 0) is 45.7 Å². The average molecular weight is 367 g/mol. The molecule has 0 fully saturated rings. The number of benzene rings is 3. The molecule has 0 aliphatic carbocycles. The maximum atomic E-state index is 4.47. The van der Waals surface area contributed by atoms with Crippen LogP contribution in [0.25, 0.3) is 0 Å². The predicted molar refractivity (Wildman–Crippen MR) is 109 cm³/mol. The number of para-hydroxylation sites is 1. The highest BCUT2D eigenvalue weighted by Gasteiger charge is 2.32. The first-order valence-electron chi connectivity index (χ1n) is 9.59. The maximum absolute atomic E-state index is 4.47. The number of nitrogens with zero attached hydrogens (tertiary/aromatic N) is 5. The molecule has 5 heteroatoms. The molecule has 0 radical (unpaired) electrons. The quantitative estimate of drug-likeness (QED) is 0.549. The van der Waals surface area contributed by atoms with Crippen LogP contribution in [-0.4, -0.2) is 26.8 Å². The Bertz CT molecular complexity index is 1060. The second-order valence-corrected chi connectivity index (χ2v) is 7.06. The second kappa shape index (κ2) is 7.27. The monoisotopic (exact) mass is 367 g/mol. The largest absolute Gasteiger partial charge is 0.357 e. The first-order valence-corrected chi connectivity index (χ1v) is 9.59. The summed E-state index contributed by atoms with van der Waals surface area (Å²) < 4.78 is 1.93. The Balaban J connectivity index is 1.60. The lowest BCUT2D eigenvalue weighted by Gasteiger charge is -2.38. The number of tetrazole rings is 1. The fraction of sp³-hybridized carbons (Fsp3) is 0.174. The molecule has 4 aromatic rings. The van der Waals surface area contributed by atoms with Crippen LogP contribution in [-0.2, 0) is 13.0 Å². The highest BCUT2D eigenvalue weighted by Crippen LogP contribution is 2.37. The van der Waals surface area contributed by atoms with Gasteiger partial charge in [-0.2, -0.15) is 0 Å². The molecular weight excluding hydrogens is 346 g/mol. The summed E-state index contributed by atoms with van der Waals surface area (Å²) in [6, 6.07) is 29.5. The van der Waals surface area contributed by atoms with E-state index in [4.69, 9.17) is 0 Å². The Morgan fingerprint density at radius 2 is 1.54 bits per heavy atom. The van der Waals surface area contributed by atoms with Crippen LogP contribution in [0.2, 0.25) is 0 Å². The zero-order valence-electron chi connectivity index (χ0n) is 15.5. The van der Waals surface area contributed by atoms with Gasteiger partial charge in [-0.1, -0.05) is 72.8 Å². The van der Waals surface area contributed by atoms with Gasteiger partial charge >= 0.3 is 0 Å². The summed E-state index contributed by atoms with van der Waals surface area (Å²) in [5.74, 6) is 0.875. The highest BCUT2D eigenvalue weighted by molar-refractivity contribution is 5.54. The molecule has 2 heterocycles. The van der Waals surface area contributed by atoms with Crippen LogP contribution in [0.15, 0.2) is 84.9 Å². The van der Waals surface area contributed by atoms with Gasteiger partial charge in [0, 0.05) is 12.2 Å². The van der Waals surface area contributed by atoms with Crippen molar-refractivity contribution in [2.24, 2.45) is 0 Å². The molecule has 28 heavy (non-hydrogen) atoms. The molecule has 138 valence electrons. The van der Waals surface area contributed by atoms with Crippen LogP contribution in [0, 0.1) is 0 Å². The van der Waals surface area contributed by atoms with Gasteiger partial charge in [-0.25, -0.2) is 4.68 Å². The van der Waals surface area contributed by atoms with Crippen LogP contribution in [0.4, 0.5) is 5.69 Å². The van der Waals surface area contributed by atoms with Crippen molar-refractivity contribution >= 4 is 5.69 Å². The van der Waals surface area contributed by atoms with Gasteiger partial charge in [-0.15, -0.1) is 5.10 Å². The third-order valence-electron chi connectivity index (χ3n) is 5.35. The minimum atomic E-state index is -0.00828. The van der Waals surface area contributed by atoms with Crippen molar-refractivity contribution in [3.05, 3.63) is 107 Å². The van der Waals surface area contributed by atoms with Crippen LogP contribution in [0.1, 0.15) is 28.6 Å². The van der Waals surface area contributed by atoms with Crippen LogP contribution >= 0.6 is 0 Å². The topological polar surface area (TPSA) is 46.8 Å². The van der Waals surface area contributed by atoms with Crippen LogP contribution in [0.5, 0.6) is 0 Å². The van der Waals surface area contributed by atoms with E-state index in [1.807, 2.05) is 22.9 Å². The molecule has 1 aliphatic heterocycles. The molecule has 3 aromatic carbocycles. The second-order valence-electron chi connectivity index (χ2n) is 7.06. The predicted octanol–water partition coefficient (Wildman–Crippen LogP) is 3.87. The van der Waals surface area contributed by atoms with Crippen molar-refractivity contribution in [3.63, 3.8) is 0 Å². The summed E-state index contributed by atoms with van der Waals surface area (Å²) in [4.78, 5) is 2.41. The zero-order valence-corrected chi connectivity index (χ0v) is 15.5. The zero-order chi connectivity index (χ0) is 18.8. The number of aromatic nitrogens is 4. The molecule has 1 aliphatic rings. The lowest BCUT2D eigenvalue weighted by molar-refractivity contribution is 0.556. The first kappa shape index (κ1) is 16.7. The smallest absolute Gasteiger partial charge is 0.178 e. The minimum absolute atomic E-state index is 0.00828. The highest BCUT2D eigenvalue weighted by atomic mass is 15.5. The Hall–Kier alpha value is -3.47. The summed E-state index contributed by atoms with van der Waals surface area (Å²) in [7, 11) is 0. The van der Waals surface area contributed by atoms with E-state index < -0.39 is 0 Å². The van der Waals surface area contributed by atoms with E-state index >= 15 is 0 Å². The van der Waals surface area contributed by atoms with Crippen LogP contribution in [0.3, 0.4) is 0 Å². The van der Waals surface area contributed by atoms with Crippen molar-refractivity contribution in [3.8, 4) is 0 Å². The van der Waals surface area contributed by atoms with E-state index in [9.17, 15) is 0 Å². The Morgan fingerprint density at radius 1 is 0.821 bits per heavy atom. The molecule has 0 saturated carbocycles. The third-order valence-corrected chi connectivity index (χ3v) is 5.35. The van der Waals surface area contributed by atoms with Gasteiger partial charge in [0.25, 0.3) is 0 Å². The molecule has 5 rings (SSSR count). The maximum Gasteiger partial charge on any atom is 0.178 e. The van der Waals surface area contributed by atoms with Crippen molar-refractivity contribution in [2.75, 3.05) is 11.4 Å². The first-order chi connectivity index (χ1) is 13.9. The van der Waals surface area contributed by atoms with Gasteiger partial charge in [0.15, 0.2) is 5.82 Å². The van der Waals surface area contributed by atoms with Gasteiger partial charge in [0.2, 0.25) is 0 Å². The number of hydrogen-bond acceptors (Lipinski definition) is 4. The molecule has 0 spiro atoms. The van der Waals surface area contributed by atoms with Crippen molar-refractivity contribution in [1.29, 1.82) is 0 Å². The average Bonchev–Trinajstić information content (AvgIpc) is 3.22. The Morgan fingerprint density at radius 3 is 2.36 bits per heavy atom. The van der Waals surface area contributed by atoms with E-state index in [2.05, 4.69) is 87.2 Å².